The molecular formula is C19H32O6. The summed E-state index contributed by atoms with van der Waals surface area (Å²) in [7, 11) is 0. The normalized spacial score (nSPS) is 34.3. The van der Waals surface area contributed by atoms with Gasteiger partial charge in [-0.25, -0.2) is 0 Å². The lowest BCUT2D eigenvalue weighted by Gasteiger charge is -2.46. The van der Waals surface area contributed by atoms with Gasteiger partial charge in [0.1, 0.15) is 5.60 Å². The van der Waals surface area contributed by atoms with Gasteiger partial charge in [0.2, 0.25) is 0 Å². The maximum absolute atomic E-state index is 12.5. The molecule has 1 unspecified atom stereocenters. The van der Waals surface area contributed by atoms with Gasteiger partial charge >= 0.3 is 11.9 Å². The first-order chi connectivity index (χ1) is 11.8. The van der Waals surface area contributed by atoms with E-state index in [9.17, 15) is 19.8 Å². The van der Waals surface area contributed by atoms with E-state index in [0.717, 1.165) is 25.7 Å². The van der Waals surface area contributed by atoms with Crippen LogP contribution in [0.4, 0.5) is 0 Å². The molecule has 2 rings (SSSR count). The van der Waals surface area contributed by atoms with E-state index < -0.39 is 11.6 Å². The summed E-state index contributed by atoms with van der Waals surface area (Å²) in [6, 6.07) is 0. The molecule has 0 spiro atoms. The van der Waals surface area contributed by atoms with E-state index >= 15 is 0 Å². The highest BCUT2D eigenvalue weighted by atomic mass is 16.6. The molecule has 6 nitrogen and oxygen atoms in total. The van der Waals surface area contributed by atoms with Gasteiger partial charge in [-0.2, -0.15) is 0 Å². The second kappa shape index (κ2) is 8.99. The number of esters is 1. The van der Waals surface area contributed by atoms with Gasteiger partial charge in [0.15, 0.2) is 0 Å². The second-order valence-electron chi connectivity index (χ2n) is 8.02. The molecule has 0 amide bonds. The van der Waals surface area contributed by atoms with Gasteiger partial charge in [-0.05, 0) is 69.6 Å². The summed E-state index contributed by atoms with van der Waals surface area (Å²) in [6.45, 7) is 1.87. The molecular weight excluding hydrogens is 324 g/mol. The molecule has 0 saturated heterocycles. The fourth-order valence-electron chi connectivity index (χ4n) is 4.31. The zero-order valence-corrected chi connectivity index (χ0v) is 15.2. The molecule has 0 aromatic heterocycles. The maximum Gasteiger partial charge on any atom is 0.306 e. The molecule has 3 N–H and O–H groups in total. The van der Waals surface area contributed by atoms with Gasteiger partial charge in [0.05, 0.1) is 12.2 Å². The number of rotatable bonds is 7. The molecule has 6 heteroatoms. The van der Waals surface area contributed by atoms with Gasteiger partial charge in [-0.3, -0.25) is 9.59 Å². The third kappa shape index (κ3) is 5.96. The van der Waals surface area contributed by atoms with Gasteiger partial charge in [0.25, 0.3) is 0 Å². The van der Waals surface area contributed by atoms with Crippen LogP contribution in [0.2, 0.25) is 0 Å². The average molecular weight is 356 g/mol. The predicted octanol–water partition coefficient (Wildman–Crippen LogP) is 2.65. The monoisotopic (exact) mass is 356 g/mol. The van der Waals surface area contributed by atoms with Crippen molar-refractivity contribution in [3.05, 3.63) is 0 Å². The van der Waals surface area contributed by atoms with Gasteiger partial charge in [0, 0.05) is 12.8 Å². The number of aliphatic carboxylic acids is 1. The minimum atomic E-state index is -0.848. The number of aliphatic hydroxyl groups excluding tert-OH is 2. The molecule has 2 aliphatic rings. The first-order valence-corrected chi connectivity index (χ1v) is 9.60. The lowest BCUT2D eigenvalue weighted by atomic mass is 9.68. The number of carboxylic acid groups (broad SMARTS) is 1. The predicted molar refractivity (Wildman–Crippen MR) is 91.9 cm³/mol. The van der Waals surface area contributed by atoms with Crippen molar-refractivity contribution in [1.82, 2.24) is 0 Å². The van der Waals surface area contributed by atoms with Crippen LogP contribution in [0.5, 0.6) is 0 Å². The molecule has 0 heterocycles. The highest BCUT2D eigenvalue weighted by Gasteiger charge is 2.45. The van der Waals surface area contributed by atoms with Crippen LogP contribution in [0.3, 0.4) is 0 Å². The highest BCUT2D eigenvalue weighted by molar-refractivity contribution is 5.70. The Hall–Kier alpha value is -1.14. The summed E-state index contributed by atoms with van der Waals surface area (Å²) in [5, 5.41) is 28.4. The lowest BCUT2D eigenvalue weighted by molar-refractivity contribution is -0.179. The fraction of sp³-hybridized carbons (Fsp3) is 0.895. The summed E-state index contributed by atoms with van der Waals surface area (Å²) in [5.41, 5.74) is -0.525. The number of carbonyl (C=O) groups excluding carboxylic acids is 1. The van der Waals surface area contributed by atoms with Crippen LogP contribution in [0.25, 0.3) is 0 Å². The Morgan fingerprint density at radius 1 is 1.04 bits per heavy atom. The zero-order valence-electron chi connectivity index (χ0n) is 15.2. The van der Waals surface area contributed by atoms with Crippen molar-refractivity contribution in [1.29, 1.82) is 0 Å². The number of carboxylic acids is 1. The molecule has 0 radical (unpaired) electrons. The van der Waals surface area contributed by atoms with E-state index in [1.165, 1.54) is 0 Å². The van der Waals surface area contributed by atoms with Gasteiger partial charge in [-0.15, -0.1) is 0 Å². The van der Waals surface area contributed by atoms with Crippen LogP contribution in [-0.4, -0.2) is 45.1 Å². The van der Waals surface area contributed by atoms with Crippen molar-refractivity contribution in [2.24, 2.45) is 11.8 Å². The summed E-state index contributed by atoms with van der Waals surface area (Å²) >= 11 is 0. The minimum Gasteiger partial charge on any atom is -0.481 e. The Labute approximate surface area is 149 Å². The number of ether oxygens (including phenoxy) is 1. The Morgan fingerprint density at radius 2 is 1.60 bits per heavy atom. The number of aliphatic hydroxyl groups is 2. The molecule has 1 atom stereocenters. The standard InChI is InChI=1S/C19H32O6/c1-13(2-7-17(22)23)12-18(24)25-19(10-8-16(21)9-11-19)14-3-5-15(20)6-4-14/h13-16,20-21H,2-12H2,1H3,(H,22,23). The topological polar surface area (TPSA) is 104 Å². The largest absolute Gasteiger partial charge is 0.481 e. The molecule has 25 heavy (non-hydrogen) atoms. The van der Waals surface area contributed by atoms with Crippen LogP contribution in [0.15, 0.2) is 0 Å². The molecule has 0 aromatic carbocycles. The van der Waals surface area contributed by atoms with Crippen LogP contribution >= 0.6 is 0 Å². The van der Waals surface area contributed by atoms with Gasteiger partial charge < -0.3 is 20.1 Å². The number of hydrogen-bond acceptors (Lipinski definition) is 5. The fourth-order valence-corrected chi connectivity index (χ4v) is 4.31. The summed E-state index contributed by atoms with van der Waals surface area (Å²) < 4.78 is 6.00. The first-order valence-electron chi connectivity index (χ1n) is 9.60. The molecule has 0 bridgehead atoms. The molecule has 2 fully saturated rings. The number of hydrogen-bond donors (Lipinski definition) is 3. The molecule has 144 valence electrons. The average Bonchev–Trinajstić information content (AvgIpc) is 2.56. The SMILES string of the molecule is CC(CCC(=O)O)CC(=O)OC1(C2CCC(O)CC2)CCC(O)CC1. The van der Waals surface area contributed by atoms with E-state index in [1.54, 1.807) is 0 Å². The summed E-state index contributed by atoms with van der Waals surface area (Å²) in [5.74, 6) is -0.899. The quantitative estimate of drug-likeness (QED) is 0.606. The Kier molecular flexibility index (Phi) is 7.25. The third-order valence-corrected chi connectivity index (χ3v) is 5.93. The van der Waals surface area contributed by atoms with Crippen LogP contribution < -0.4 is 0 Å². The van der Waals surface area contributed by atoms with Crippen LogP contribution in [0, 0.1) is 11.8 Å². The van der Waals surface area contributed by atoms with Crippen LogP contribution in [0.1, 0.15) is 77.6 Å². The third-order valence-electron chi connectivity index (χ3n) is 5.93. The second-order valence-corrected chi connectivity index (χ2v) is 8.02. The van der Waals surface area contributed by atoms with Crippen molar-refractivity contribution in [2.45, 2.75) is 95.4 Å². The van der Waals surface area contributed by atoms with Crippen molar-refractivity contribution in [3.63, 3.8) is 0 Å². The van der Waals surface area contributed by atoms with E-state index in [0.29, 0.717) is 32.1 Å². The summed E-state index contributed by atoms with van der Waals surface area (Å²) in [4.78, 5) is 23.1. The highest BCUT2D eigenvalue weighted by Crippen LogP contribution is 2.44. The summed E-state index contributed by atoms with van der Waals surface area (Å²) in [6.07, 6.45) is 5.97. The van der Waals surface area contributed by atoms with E-state index in [-0.39, 0.29) is 42.9 Å². The molecule has 0 aliphatic heterocycles. The Morgan fingerprint density at radius 3 is 2.16 bits per heavy atom. The van der Waals surface area contributed by atoms with E-state index in [4.69, 9.17) is 9.84 Å². The van der Waals surface area contributed by atoms with Crippen molar-refractivity contribution in [2.75, 3.05) is 0 Å². The maximum atomic E-state index is 12.5. The van der Waals surface area contributed by atoms with Crippen molar-refractivity contribution >= 4 is 11.9 Å². The van der Waals surface area contributed by atoms with Gasteiger partial charge in [-0.1, -0.05) is 6.92 Å². The molecule has 2 aliphatic carbocycles. The minimum absolute atomic E-state index is 0.0250. The number of carbonyl (C=O) groups is 2. The Bertz CT molecular complexity index is 447. The zero-order chi connectivity index (χ0) is 18.4. The molecule has 0 aromatic rings. The van der Waals surface area contributed by atoms with Crippen molar-refractivity contribution in [3.8, 4) is 0 Å². The molecule has 2 saturated carbocycles. The first kappa shape index (κ1) is 20.2. The smallest absolute Gasteiger partial charge is 0.306 e. The lowest BCUT2D eigenvalue weighted by Crippen LogP contribution is -2.48. The van der Waals surface area contributed by atoms with E-state index in [1.807, 2.05) is 6.92 Å². The van der Waals surface area contributed by atoms with Crippen LogP contribution in [-0.2, 0) is 14.3 Å². The Balaban J connectivity index is 1.96. The van der Waals surface area contributed by atoms with Crippen molar-refractivity contribution < 1.29 is 29.6 Å². The van der Waals surface area contributed by atoms with E-state index in [2.05, 4.69) is 0 Å².